The minimum atomic E-state index is -0.254. The average molecular weight is 357 g/mol. The first-order valence-corrected chi connectivity index (χ1v) is 8.52. The number of pyridine rings is 1. The fourth-order valence-corrected chi connectivity index (χ4v) is 2.38. The molecule has 0 saturated heterocycles. The molecule has 1 aromatic heterocycles. The number of aromatic nitrogens is 1. The molecule has 0 fully saturated rings. The van der Waals surface area contributed by atoms with Crippen LogP contribution in [0, 0.1) is 5.82 Å². The van der Waals surface area contributed by atoms with Gasteiger partial charge < -0.3 is 15.5 Å². The Morgan fingerprint density at radius 1 is 1.27 bits per heavy atom. The molecule has 26 heavy (non-hydrogen) atoms. The molecule has 1 aromatic carbocycles. The fourth-order valence-electron chi connectivity index (χ4n) is 2.38. The molecule has 0 spiro atoms. The molecule has 0 bridgehead atoms. The molecular formula is C19H24FN5O. The smallest absolute Gasteiger partial charge is 0.252 e. The molecular weight excluding hydrogens is 333 g/mol. The Morgan fingerprint density at radius 2 is 2.12 bits per heavy atom. The van der Waals surface area contributed by atoms with E-state index in [1.54, 1.807) is 24.4 Å². The van der Waals surface area contributed by atoms with Gasteiger partial charge in [-0.2, -0.15) is 0 Å². The molecule has 2 rings (SSSR count). The molecule has 1 heterocycles. The lowest BCUT2D eigenvalue weighted by Crippen LogP contribution is -2.39. The first-order chi connectivity index (χ1) is 12.6. The number of nitrogens with one attached hydrogen (secondary N) is 2. The van der Waals surface area contributed by atoms with Crippen LogP contribution in [-0.2, 0) is 6.54 Å². The van der Waals surface area contributed by atoms with Crippen LogP contribution >= 0.6 is 0 Å². The zero-order valence-corrected chi connectivity index (χ0v) is 15.1. The summed E-state index contributed by atoms with van der Waals surface area (Å²) in [6.07, 6.45) is 3.15. The summed E-state index contributed by atoms with van der Waals surface area (Å²) in [5, 5.41) is 6.01. The third kappa shape index (κ3) is 6.16. The molecule has 7 heteroatoms. The Bertz CT molecular complexity index is 736. The fraction of sp³-hybridized carbons (Fsp3) is 0.316. The van der Waals surface area contributed by atoms with E-state index in [-0.39, 0.29) is 11.7 Å². The van der Waals surface area contributed by atoms with E-state index in [9.17, 15) is 9.18 Å². The topological polar surface area (TPSA) is 69.6 Å². The van der Waals surface area contributed by atoms with Crippen molar-refractivity contribution in [2.45, 2.75) is 13.5 Å². The lowest BCUT2D eigenvalue weighted by molar-refractivity contribution is 0.0954. The van der Waals surface area contributed by atoms with E-state index in [1.807, 2.05) is 24.9 Å². The SMILES string of the molecule is CCNC(=NCCNC(=O)c1cccnc1)N(C)Cc1cccc(F)c1. The number of nitrogens with zero attached hydrogens (tertiary/aromatic N) is 3. The minimum Gasteiger partial charge on any atom is -0.357 e. The van der Waals surface area contributed by atoms with Gasteiger partial charge in [-0.3, -0.25) is 14.8 Å². The summed E-state index contributed by atoms with van der Waals surface area (Å²) in [6.45, 7) is 4.08. The lowest BCUT2D eigenvalue weighted by Gasteiger charge is -2.22. The third-order valence-electron chi connectivity index (χ3n) is 3.59. The van der Waals surface area contributed by atoms with Crippen molar-refractivity contribution in [3.05, 3.63) is 65.7 Å². The molecule has 0 aliphatic heterocycles. The largest absolute Gasteiger partial charge is 0.357 e. The highest BCUT2D eigenvalue weighted by molar-refractivity contribution is 5.93. The number of aliphatic imine (C=N–C) groups is 1. The van der Waals surface area contributed by atoms with E-state index in [4.69, 9.17) is 0 Å². The number of hydrogen-bond donors (Lipinski definition) is 2. The van der Waals surface area contributed by atoms with Crippen molar-refractivity contribution in [2.75, 3.05) is 26.7 Å². The van der Waals surface area contributed by atoms with Crippen LogP contribution in [0.4, 0.5) is 4.39 Å². The zero-order valence-electron chi connectivity index (χ0n) is 15.1. The summed E-state index contributed by atoms with van der Waals surface area (Å²) in [6, 6.07) is 9.93. The monoisotopic (exact) mass is 357 g/mol. The standard InChI is InChI=1S/C19H24FN5O/c1-3-22-19(25(2)14-15-6-4-8-17(20)12-15)24-11-10-23-18(26)16-7-5-9-21-13-16/h4-9,12-13H,3,10-11,14H2,1-2H3,(H,22,24)(H,23,26). The summed E-state index contributed by atoms with van der Waals surface area (Å²) in [4.78, 5) is 22.3. The highest BCUT2D eigenvalue weighted by Crippen LogP contribution is 2.06. The number of guanidine groups is 1. The third-order valence-corrected chi connectivity index (χ3v) is 3.59. The number of rotatable bonds is 7. The van der Waals surface area contributed by atoms with Crippen LogP contribution in [0.2, 0.25) is 0 Å². The van der Waals surface area contributed by atoms with Gasteiger partial charge in [0.15, 0.2) is 5.96 Å². The second-order valence-corrected chi connectivity index (χ2v) is 5.72. The van der Waals surface area contributed by atoms with E-state index >= 15 is 0 Å². The van der Waals surface area contributed by atoms with Gasteiger partial charge in [-0.05, 0) is 36.8 Å². The number of carbonyl (C=O) groups is 1. The molecule has 0 unspecified atom stereocenters. The Balaban J connectivity index is 1.88. The van der Waals surface area contributed by atoms with Crippen LogP contribution in [0.15, 0.2) is 53.8 Å². The number of amides is 1. The highest BCUT2D eigenvalue weighted by atomic mass is 19.1. The van der Waals surface area contributed by atoms with Crippen molar-refractivity contribution >= 4 is 11.9 Å². The molecule has 0 radical (unpaired) electrons. The molecule has 2 aromatic rings. The molecule has 0 aliphatic carbocycles. The van der Waals surface area contributed by atoms with Crippen molar-refractivity contribution in [1.82, 2.24) is 20.5 Å². The summed E-state index contributed by atoms with van der Waals surface area (Å²) in [5.41, 5.74) is 1.38. The molecule has 0 aliphatic rings. The van der Waals surface area contributed by atoms with Crippen molar-refractivity contribution < 1.29 is 9.18 Å². The van der Waals surface area contributed by atoms with E-state index in [0.717, 1.165) is 5.56 Å². The van der Waals surface area contributed by atoms with Crippen molar-refractivity contribution in [3.8, 4) is 0 Å². The normalized spacial score (nSPS) is 11.1. The van der Waals surface area contributed by atoms with Gasteiger partial charge >= 0.3 is 0 Å². The van der Waals surface area contributed by atoms with Crippen LogP contribution in [0.25, 0.3) is 0 Å². The van der Waals surface area contributed by atoms with Gasteiger partial charge in [0.1, 0.15) is 5.82 Å². The zero-order chi connectivity index (χ0) is 18.8. The van der Waals surface area contributed by atoms with Gasteiger partial charge in [0.25, 0.3) is 5.91 Å². The summed E-state index contributed by atoms with van der Waals surface area (Å²) in [5.74, 6) is 0.273. The Morgan fingerprint density at radius 3 is 2.81 bits per heavy atom. The van der Waals surface area contributed by atoms with Crippen LogP contribution < -0.4 is 10.6 Å². The first kappa shape index (κ1) is 19.4. The van der Waals surface area contributed by atoms with Gasteiger partial charge in [-0.25, -0.2) is 4.39 Å². The molecule has 138 valence electrons. The minimum absolute atomic E-state index is 0.175. The maximum absolute atomic E-state index is 13.3. The van der Waals surface area contributed by atoms with Crippen molar-refractivity contribution in [3.63, 3.8) is 0 Å². The number of benzene rings is 1. The molecule has 6 nitrogen and oxygen atoms in total. The lowest BCUT2D eigenvalue weighted by atomic mass is 10.2. The van der Waals surface area contributed by atoms with Crippen LogP contribution in [0.5, 0.6) is 0 Å². The first-order valence-electron chi connectivity index (χ1n) is 8.52. The Labute approximate surface area is 153 Å². The highest BCUT2D eigenvalue weighted by Gasteiger charge is 2.08. The van der Waals surface area contributed by atoms with Crippen LogP contribution in [-0.4, -0.2) is 48.4 Å². The van der Waals surface area contributed by atoms with E-state index < -0.39 is 0 Å². The van der Waals surface area contributed by atoms with Crippen molar-refractivity contribution in [2.24, 2.45) is 4.99 Å². The molecule has 1 amide bonds. The Hall–Kier alpha value is -2.96. The summed E-state index contributed by atoms with van der Waals surface area (Å²) >= 11 is 0. The second-order valence-electron chi connectivity index (χ2n) is 5.72. The quantitative estimate of drug-likeness (QED) is 0.452. The van der Waals surface area contributed by atoms with E-state index in [1.165, 1.54) is 18.3 Å². The van der Waals surface area contributed by atoms with Crippen LogP contribution in [0.1, 0.15) is 22.8 Å². The van der Waals surface area contributed by atoms with Crippen LogP contribution in [0.3, 0.4) is 0 Å². The predicted molar refractivity (Wildman–Crippen MR) is 100 cm³/mol. The molecule has 2 N–H and O–H groups in total. The average Bonchev–Trinajstić information content (AvgIpc) is 2.64. The Kier molecular flexibility index (Phi) is 7.54. The maximum Gasteiger partial charge on any atom is 0.252 e. The predicted octanol–water partition coefficient (Wildman–Crippen LogP) is 2.05. The van der Waals surface area contributed by atoms with Gasteiger partial charge in [0, 0.05) is 39.1 Å². The summed E-state index contributed by atoms with van der Waals surface area (Å²) in [7, 11) is 1.89. The van der Waals surface area contributed by atoms with Crippen molar-refractivity contribution in [1.29, 1.82) is 0 Å². The van der Waals surface area contributed by atoms with Gasteiger partial charge in [0.2, 0.25) is 0 Å². The van der Waals surface area contributed by atoms with Gasteiger partial charge in [0.05, 0.1) is 12.1 Å². The van der Waals surface area contributed by atoms with Gasteiger partial charge in [-0.1, -0.05) is 12.1 Å². The molecule has 0 atom stereocenters. The number of halogens is 1. The maximum atomic E-state index is 13.3. The molecule has 0 saturated carbocycles. The van der Waals surface area contributed by atoms with E-state index in [0.29, 0.717) is 37.7 Å². The summed E-state index contributed by atoms with van der Waals surface area (Å²) < 4.78 is 13.3. The van der Waals surface area contributed by atoms with E-state index in [2.05, 4.69) is 20.6 Å². The number of carbonyl (C=O) groups excluding carboxylic acids is 1. The van der Waals surface area contributed by atoms with Gasteiger partial charge in [-0.15, -0.1) is 0 Å². The number of hydrogen-bond acceptors (Lipinski definition) is 3. The second kappa shape index (κ2) is 10.1.